The second-order valence-corrected chi connectivity index (χ2v) is 4.90. The van der Waals surface area contributed by atoms with Crippen molar-refractivity contribution < 1.29 is 4.74 Å². The molecule has 1 aromatic heterocycles. The molecule has 5 nitrogen and oxygen atoms in total. The summed E-state index contributed by atoms with van der Waals surface area (Å²) in [6.45, 7) is 4.74. The summed E-state index contributed by atoms with van der Waals surface area (Å²) < 4.78 is 5.63. The predicted molar refractivity (Wildman–Crippen MR) is 78.2 cm³/mol. The van der Waals surface area contributed by atoms with Gasteiger partial charge in [0.05, 0.1) is 6.07 Å². The van der Waals surface area contributed by atoms with Crippen molar-refractivity contribution in [1.29, 1.82) is 0 Å². The van der Waals surface area contributed by atoms with E-state index in [4.69, 9.17) is 4.74 Å². The van der Waals surface area contributed by atoms with Gasteiger partial charge in [-0.1, -0.05) is 26.0 Å². The molecule has 0 aliphatic rings. The molecule has 0 bridgehead atoms. The monoisotopic (exact) mass is 273 g/mol. The summed E-state index contributed by atoms with van der Waals surface area (Å²) in [5, 5.41) is 3.08. The minimum atomic E-state index is -0.203. The lowest BCUT2D eigenvalue weighted by molar-refractivity contribution is 0.455. The van der Waals surface area contributed by atoms with Gasteiger partial charge in [0.1, 0.15) is 11.6 Å². The highest BCUT2D eigenvalue weighted by Gasteiger charge is 2.07. The maximum atomic E-state index is 11.6. The lowest BCUT2D eigenvalue weighted by Gasteiger charge is -2.08. The van der Waals surface area contributed by atoms with E-state index in [2.05, 4.69) is 15.3 Å². The van der Waals surface area contributed by atoms with Gasteiger partial charge in [0.25, 0.3) is 5.56 Å². The molecule has 0 fully saturated rings. The van der Waals surface area contributed by atoms with Gasteiger partial charge in [0, 0.05) is 12.5 Å². The van der Waals surface area contributed by atoms with Crippen molar-refractivity contribution in [2.24, 2.45) is 0 Å². The molecule has 20 heavy (non-hydrogen) atoms. The lowest BCUT2D eigenvalue weighted by Crippen LogP contribution is -2.12. The Balaban J connectivity index is 2.19. The van der Waals surface area contributed by atoms with E-state index in [0.717, 1.165) is 6.54 Å². The highest BCUT2D eigenvalue weighted by Crippen LogP contribution is 2.20. The van der Waals surface area contributed by atoms with Gasteiger partial charge < -0.3 is 15.0 Å². The fourth-order valence-corrected chi connectivity index (χ4v) is 1.78. The first kappa shape index (κ1) is 14.3. The number of ether oxygens (including phenoxy) is 1. The Morgan fingerprint density at radius 3 is 2.60 bits per heavy atom. The van der Waals surface area contributed by atoms with E-state index in [-0.39, 0.29) is 11.5 Å². The standard InChI is InChI=1S/C15H19N3O2/c1-10(2)15-17-13(19)8-14(18-15)20-12-6-4-11(5-7-12)9-16-3/h4-8,10,16H,9H2,1-3H3,(H,17,18,19). The predicted octanol–water partition coefficient (Wildman–Crippen LogP) is 2.41. The second kappa shape index (κ2) is 6.34. The molecule has 1 aromatic carbocycles. The van der Waals surface area contributed by atoms with E-state index in [0.29, 0.717) is 17.5 Å². The van der Waals surface area contributed by atoms with E-state index in [1.165, 1.54) is 11.6 Å². The topological polar surface area (TPSA) is 67.0 Å². The van der Waals surface area contributed by atoms with Crippen molar-refractivity contribution in [2.45, 2.75) is 26.3 Å². The van der Waals surface area contributed by atoms with E-state index in [1.807, 2.05) is 45.2 Å². The quantitative estimate of drug-likeness (QED) is 0.878. The SMILES string of the molecule is CNCc1ccc(Oc2cc(=O)[nH]c(C(C)C)n2)cc1. The van der Waals surface area contributed by atoms with Crippen LogP contribution >= 0.6 is 0 Å². The maximum absolute atomic E-state index is 11.6. The van der Waals surface area contributed by atoms with Gasteiger partial charge in [-0.15, -0.1) is 0 Å². The van der Waals surface area contributed by atoms with Gasteiger partial charge in [-0.2, -0.15) is 4.98 Å². The number of benzene rings is 1. The molecule has 0 aliphatic heterocycles. The van der Waals surface area contributed by atoms with Crippen molar-refractivity contribution in [1.82, 2.24) is 15.3 Å². The molecule has 0 radical (unpaired) electrons. The van der Waals surface area contributed by atoms with E-state index < -0.39 is 0 Å². The smallest absolute Gasteiger partial charge is 0.254 e. The largest absolute Gasteiger partial charge is 0.439 e. The van der Waals surface area contributed by atoms with Crippen molar-refractivity contribution in [2.75, 3.05) is 7.05 Å². The Kier molecular flexibility index (Phi) is 4.53. The van der Waals surface area contributed by atoms with E-state index in [9.17, 15) is 4.79 Å². The molecule has 0 spiro atoms. The molecule has 1 heterocycles. The summed E-state index contributed by atoms with van der Waals surface area (Å²) in [6.07, 6.45) is 0. The molecule has 0 unspecified atom stereocenters. The van der Waals surface area contributed by atoms with Crippen LogP contribution in [-0.4, -0.2) is 17.0 Å². The summed E-state index contributed by atoms with van der Waals surface area (Å²) in [7, 11) is 1.90. The summed E-state index contributed by atoms with van der Waals surface area (Å²) >= 11 is 0. The van der Waals surface area contributed by atoms with E-state index in [1.54, 1.807) is 0 Å². The number of nitrogens with one attached hydrogen (secondary N) is 2. The average molecular weight is 273 g/mol. The van der Waals surface area contributed by atoms with Crippen LogP contribution < -0.4 is 15.6 Å². The van der Waals surface area contributed by atoms with Crippen LogP contribution in [0, 0.1) is 0 Å². The number of aromatic nitrogens is 2. The zero-order chi connectivity index (χ0) is 14.5. The van der Waals surface area contributed by atoms with Crippen LogP contribution in [0.15, 0.2) is 35.1 Å². The molecule has 5 heteroatoms. The van der Waals surface area contributed by atoms with Crippen LogP contribution in [0.3, 0.4) is 0 Å². The molecule has 2 rings (SSSR count). The minimum Gasteiger partial charge on any atom is -0.439 e. The average Bonchev–Trinajstić information content (AvgIpc) is 2.40. The number of hydrogen-bond acceptors (Lipinski definition) is 4. The minimum absolute atomic E-state index is 0.143. The number of rotatable bonds is 5. The Hall–Kier alpha value is -2.14. The molecule has 0 aliphatic carbocycles. The molecule has 0 atom stereocenters. The Bertz CT molecular complexity index is 618. The summed E-state index contributed by atoms with van der Waals surface area (Å²) in [6, 6.07) is 9.04. The first-order valence-corrected chi connectivity index (χ1v) is 6.61. The van der Waals surface area contributed by atoms with Crippen LogP contribution in [0.5, 0.6) is 11.6 Å². The summed E-state index contributed by atoms with van der Waals surface area (Å²) in [5.74, 6) is 1.75. The van der Waals surface area contributed by atoms with E-state index >= 15 is 0 Å². The van der Waals surface area contributed by atoms with Crippen molar-refractivity contribution in [3.05, 3.63) is 52.1 Å². The van der Waals surface area contributed by atoms with Gasteiger partial charge in [-0.25, -0.2) is 0 Å². The molecular formula is C15H19N3O2. The van der Waals surface area contributed by atoms with Crippen molar-refractivity contribution in [3.8, 4) is 11.6 Å². The highest BCUT2D eigenvalue weighted by molar-refractivity contribution is 5.30. The van der Waals surface area contributed by atoms with Crippen LogP contribution in [0.2, 0.25) is 0 Å². The number of H-pyrrole nitrogens is 1. The fourth-order valence-electron chi connectivity index (χ4n) is 1.78. The molecule has 106 valence electrons. The molecule has 2 N–H and O–H groups in total. The van der Waals surface area contributed by atoms with Gasteiger partial charge in [-0.05, 0) is 24.7 Å². The van der Waals surface area contributed by atoms with Gasteiger partial charge >= 0.3 is 0 Å². The molecule has 0 saturated carbocycles. The Labute approximate surface area is 118 Å². The van der Waals surface area contributed by atoms with Crippen LogP contribution in [0.4, 0.5) is 0 Å². The zero-order valence-corrected chi connectivity index (χ0v) is 11.9. The maximum Gasteiger partial charge on any atom is 0.254 e. The van der Waals surface area contributed by atoms with Gasteiger partial charge in [0.15, 0.2) is 0 Å². The Morgan fingerprint density at radius 2 is 2.00 bits per heavy atom. The molecular weight excluding hydrogens is 254 g/mol. The van der Waals surface area contributed by atoms with Crippen LogP contribution in [0.25, 0.3) is 0 Å². The summed E-state index contributed by atoms with van der Waals surface area (Å²) in [5.41, 5.74) is 0.965. The molecule has 2 aromatic rings. The first-order valence-electron chi connectivity index (χ1n) is 6.61. The molecule has 0 saturated heterocycles. The van der Waals surface area contributed by atoms with Crippen molar-refractivity contribution in [3.63, 3.8) is 0 Å². The number of nitrogens with zero attached hydrogens (tertiary/aromatic N) is 1. The van der Waals surface area contributed by atoms with Gasteiger partial charge in [0.2, 0.25) is 5.88 Å². The third-order valence-corrected chi connectivity index (χ3v) is 2.81. The van der Waals surface area contributed by atoms with Gasteiger partial charge in [-0.3, -0.25) is 4.79 Å². The van der Waals surface area contributed by atoms with Crippen LogP contribution in [-0.2, 0) is 6.54 Å². The number of hydrogen-bond donors (Lipinski definition) is 2. The van der Waals surface area contributed by atoms with Crippen LogP contribution in [0.1, 0.15) is 31.2 Å². The lowest BCUT2D eigenvalue weighted by atomic mass is 10.2. The molecule has 0 amide bonds. The van der Waals surface area contributed by atoms with Crippen molar-refractivity contribution >= 4 is 0 Å². The first-order chi connectivity index (χ1) is 9.58. The Morgan fingerprint density at radius 1 is 1.30 bits per heavy atom. The zero-order valence-electron chi connectivity index (χ0n) is 11.9. The second-order valence-electron chi connectivity index (χ2n) is 4.90. The number of aromatic amines is 1. The third kappa shape index (κ3) is 3.68. The third-order valence-electron chi connectivity index (χ3n) is 2.81. The summed E-state index contributed by atoms with van der Waals surface area (Å²) in [4.78, 5) is 18.6. The fraction of sp³-hybridized carbons (Fsp3) is 0.333. The highest BCUT2D eigenvalue weighted by atomic mass is 16.5. The normalized spacial score (nSPS) is 10.8.